The number of nitrogens with one attached hydrogen (secondary N) is 2. The van der Waals surface area contributed by atoms with Gasteiger partial charge in [-0.3, -0.25) is 13.8 Å². The van der Waals surface area contributed by atoms with Gasteiger partial charge in [0.1, 0.15) is 12.4 Å². The van der Waals surface area contributed by atoms with E-state index in [9.17, 15) is 26.0 Å². The minimum absolute atomic E-state index is 0.0421. The number of hydrogen-bond donors (Lipinski definition) is 2. The molecule has 0 aromatic heterocycles. The number of sulfonamides is 2. The highest BCUT2D eigenvalue weighted by atomic mass is 35.5. The molecule has 0 saturated carbocycles. The van der Waals surface area contributed by atoms with E-state index in [-0.39, 0.29) is 16.3 Å². The Morgan fingerprint density at radius 3 is 1.97 bits per heavy atom. The smallest absolute Gasteiger partial charge is 0.261 e. The van der Waals surface area contributed by atoms with Crippen LogP contribution in [0.25, 0.3) is 0 Å². The van der Waals surface area contributed by atoms with E-state index in [0.717, 1.165) is 22.7 Å². The van der Waals surface area contributed by atoms with E-state index in [1.807, 2.05) is 0 Å². The summed E-state index contributed by atoms with van der Waals surface area (Å²) in [6.07, 6.45) is 0.928. The molecule has 0 aliphatic rings. The van der Waals surface area contributed by atoms with Gasteiger partial charge in [-0.25, -0.2) is 21.2 Å². The molecule has 0 saturated heterocycles. The number of anilines is 3. The fourth-order valence-corrected chi connectivity index (χ4v) is 4.83. The molecule has 174 valence electrons. The second kappa shape index (κ2) is 9.77. The van der Waals surface area contributed by atoms with Gasteiger partial charge >= 0.3 is 0 Å². The standard InChI is InChI=1S/C21H19ClFN3O5S2/c1-32(28,29)26(19-10-4-16(23)5-11-19)14-21(27)24-17-8-12-20(13-9-17)33(30,31)25-18-6-2-15(22)3-7-18/h2-13,25H,14H2,1H3,(H,24,27). The fourth-order valence-electron chi connectivity index (χ4n) is 2.79. The second-order valence-corrected chi connectivity index (χ2v) is 11.0. The molecule has 0 unspecified atom stereocenters. The molecule has 8 nitrogen and oxygen atoms in total. The van der Waals surface area contributed by atoms with Gasteiger partial charge in [0.05, 0.1) is 16.8 Å². The van der Waals surface area contributed by atoms with Crippen LogP contribution in [0.15, 0.2) is 77.7 Å². The Labute approximate surface area is 196 Å². The van der Waals surface area contributed by atoms with Crippen molar-refractivity contribution in [1.82, 2.24) is 0 Å². The number of rotatable bonds is 8. The average Bonchev–Trinajstić information content (AvgIpc) is 2.74. The van der Waals surface area contributed by atoms with Crippen LogP contribution in [0.4, 0.5) is 21.5 Å². The van der Waals surface area contributed by atoms with Crippen molar-refractivity contribution in [2.45, 2.75) is 4.90 Å². The number of carbonyl (C=O) groups excluding carboxylic acids is 1. The second-order valence-electron chi connectivity index (χ2n) is 6.93. The Hall–Kier alpha value is -3.15. The quantitative estimate of drug-likeness (QED) is 0.479. The first-order chi connectivity index (χ1) is 15.4. The van der Waals surface area contributed by atoms with Crippen LogP contribution in [0.5, 0.6) is 0 Å². The third-order valence-electron chi connectivity index (χ3n) is 4.35. The zero-order valence-electron chi connectivity index (χ0n) is 17.2. The van der Waals surface area contributed by atoms with Crippen LogP contribution >= 0.6 is 11.6 Å². The van der Waals surface area contributed by atoms with Crippen LogP contribution in [0.3, 0.4) is 0 Å². The Bertz CT molecular complexity index is 1350. The summed E-state index contributed by atoms with van der Waals surface area (Å²) in [6, 6.07) is 16.1. The molecule has 33 heavy (non-hydrogen) atoms. The van der Waals surface area contributed by atoms with Gasteiger partial charge in [0.2, 0.25) is 15.9 Å². The molecular formula is C21H19ClFN3O5S2. The molecule has 3 rings (SSSR count). The summed E-state index contributed by atoms with van der Waals surface area (Å²) >= 11 is 5.79. The van der Waals surface area contributed by atoms with E-state index in [1.54, 1.807) is 12.1 Å². The first-order valence-electron chi connectivity index (χ1n) is 9.36. The maximum absolute atomic E-state index is 13.2. The predicted octanol–water partition coefficient (Wildman–Crippen LogP) is 3.68. The lowest BCUT2D eigenvalue weighted by atomic mass is 10.3. The molecule has 0 bridgehead atoms. The van der Waals surface area contributed by atoms with Gasteiger partial charge in [-0.05, 0) is 72.8 Å². The van der Waals surface area contributed by atoms with Crippen LogP contribution in [0.2, 0.25) is 5.02 Å². The molecule has 0 fully saturated rings. The van der Waals surface area contributed by atoms with Gasteiger partial charge in [0, 0.05) is 16.4 Å². The SMILES string of the molecule is CS(=O)(=O)N(CC(=O)Nc1ccc(S(=O)(=O)Nc2ccc(Cl)cc2)cc1)c1ccc(F)cc1. The third kappa shape index (κ3) is 6.67. The van der Waals surface area contributed by atoms with Crippen molar-refractivity contribution in [3.05, 3.63) is 83.6 Å². The zero-order chi connectivity index (χ0) is 24.2. The number of amides is 1. The van der Waals surface area contributed by atoms with E-state index in [4.69, 9.17) is 11.6 Å². The van der Waals surface area contributed by atoms with Crippen LogP contribution in [-0.2, 0) is 24.8 Å². The molecule has 3 aromatic rings. The highest BCUT2D eigenvalue weighted by Crippen LogP contribution is 2.21. The van der Waals surface area contributed by atoms with Gasteiger partial charge in [0.25, 0.3) is 10.0 Å². The minimum atomic E-state index is -3.87. The lowest BCUT2D eigenvalue weighted by Crippen LogP contribution is -2.37. The van der Waals surface area contributed by atoms with Crippen molar-refractivity contribution in [2.75, 3.05) is 27.1 Å². The summed E-state index contributed by atoms with van der Waals surface area (Å²) in [5.41, 5.74) is 0.722. The summed E-state index contributed by atoms with van der Waals surface area (Å²) in [5, 5.41) is 2.98. The first-order valence-corrected chi connectivity index (χ1v) is 13.1. The maximum atomic E-state index is 13.2. The third-order valence-corrected chi connectivity index (χ3v) is 7.14. The van der Waals surface area contributed by atoms with Crippen LogP contribution in [0.1, 0.15) is 0 Å². The van der Waals surface area contributed by atoms with Gasteiger partial charge < -0.3 is 5.32 Å². The molecule has 0 spiro atoms. The lowest BCUT2D eigenvalue weighted by Gasteiger charge is -2.21. The van der Waals surface area contributed by atoms with Gasteiger partial charge in [-0.2, -0.15) is 0 Å². The van der Waals surface area contributed by atoms with E-state index in [0.29, 0.717) is 10.7 Å². The predicted molar refractivity (Wildman–Crippen MR) is 126 cm³/mol. The van der Waals surface area contributed by atoms with Crippen molar-refractivity contribution >= 4 is 54.6 Å². The molecule has 0 radical (unpaired) electrons. The number of nitrogens with zero attached hydrogens (tertiary/aromatic N) is 1. The number of halogens is 2. The summed E-state index contributed by atoms with van der Waals surface area (Å²) in [5.74, 6) is -1.21. The molecule has 12 heteroatoms. The molecule has 2 N–H and O–H groups in total. The fraction of sp³-hybridized carbons (Fsp3) is 0.0952. The van der Waals surface area contributed by atoms with E-state index in [1.165, 1.54) is 48.5 Å². The minimum Gasteiger partial charge on any atom is -0.325 e. The molecule has 0 atom stereocenters. The Kier molecular flexibility index (Phi) is 7.25. The molecule has 0 heterocycles. The zero-order valence-corrected chi connectivity index (χ0v) is 19.6. The number of benzene rings is 3. The van der Waals surface area contributed by atoms with Gasteiger partial charge in [0.15, 0.2) is 0 Å². The van der Waals surface area contributed by atoms with Crippen LogP contribution < -0.4 is 14.3 Å². The highest BCUT2D eigenvalue weighted by molar-refractivity contribution is 7.92. The maximum Gasteiger partial charge on any atom is 0.261 e. The Balaban J connectivity index is 1.70. The largest absolute Gasteiger partial charge is 0.325 e. The van der Waals surface area contributed by atoms with Crippen molar-refractivity contribution in [1.29, 1.82) is 0 Å². The van der Waals surface area contributed by atoms with Gasteiger partial charge in [-0.1, -0.05) is 11.6 Å². The van der Waals surface area contributed by atoms with Crippen molar-refractivity contribution < 1.29 is 26.0 Å². The Morgan fingerprint density at radius 2 is 1.42 bits per heavy atom. The molecule has 0 aliphatic heterocycles. The molecule has 3 aromatic carbocycles. The summed E-state index contributed by atoms with van der Waals surface area (Å²) < 4.78 is 65.6. The van der Waals surface area contributed by atoms with E-state index in [2.05, 4.69) is 10.0 Å². The van der Waals surface area contributed by atoms with Gasteiger partial charge in [-0.15, -0.1) is 0 Å². The van der Waals surface area contributed by atoms with E-state index >= 15 is 0 Å². The number of hydrogen-bond acceptors (Lipinski definition) is 5. The van der Waals surface area contributed by atoms with Crippen molar-refractivity contribution in [3.8, 4) is 0 Å². The molecule has 0 aliphatic carbocycles. The lowest BCUT2D eigenvalue weighted by molar-refractivity contribution is -0.114. The summed E-state index contributed by atoms with van der Waals surface area (Å²) in [6.45, 7) is -0.553. The Morgan fingerprint density at radius 1 is 0.879 bits per heavy atom. The van der Waals surface area contributed by atoms with Crippen LogP contribution in [-0.4, -0.2) is 35.5 Å². The monoisotopic (exact) mass is 511 g/mol. The molecule has 1 amide bonds. The van der Waals surface area contributed by atoms with Crippen LogP contribution in [0, 0.1) is 5.82 Å². The summed E-state index contributed by atoms with van der Waals surface area (Å²) in [4.78, 5) is 12.4. The topological polar surface area (TPSA) is 113 Å². The average molecular weight is 512 g/mol. The van der Waals surface area contributed by atoms with Crippen molar-refractivity contribution in [3.63, 3.8) is 0 Å². The highest BCUT2D eigenvalue weighted by Gasteiger charge is 2.21. The normalized spacial score (nSPS) is 11.6. The van der Waals surface area contributed by atoms with Crippen molar-refractivity contribution in [2.24, 2.45) is 0 Å². The first kappa shape index (κ1) is 24.5. The number of carbonyl (C=O) groups is 1. The summed E-state index contributed by atoms with van der Waals surface area (Å²) in [7, 11) is -7.70. The molecular weight excluding hydrogens is 493 g/mol. The van der Waals surface area contributed by atoms with E-state index < -0.39 is 38.3 Å².